The molecule has 0 radical (unpaired) electrons. The predicted octanol–water partition coefficient (Wildman–Crippen LogP) is 2.20. The van der Waals surface area contributed by atoms with E-state index in [1.807, 2.05) is 24.3 Å². The van der Waals surface area contributed by atoms with Gasteiger partial charge in [0.2, 0.25) is 0 Å². The zero-order valence-electron chi connectivity index (χ0n) is 6.75. The molecule has 1 aromatic carbocycles. The van der Waals surface area contributed by atoms with E-state index in [9.17, 15) is 0 Å². The minimum absolute atomic E-state index is 0.409. The third kappa shape index (κ3) is 1.28. The van der Waals surface area contributed by atoms with Gasteiger partial charge in [0.25, 0.3) is 5.95 Å². The first-order valence-corrected chi connectivity index (χ1v) is 3.87. The topological polar surface area (TPSA) is 18.5 Å². The molecule has 0 spiro atoms. The monoisotopic (exact) mass is 162 g/mol. The van der Waals surface area contributed by atoms with Gasteiger partial charge in [0, 0.05) is 0 Å². The van der Waals surface area contributed by atoms with Gasteiger partial charge in [-0.05, 0) is 17.7 Å². The van der Waals surface area contributed by atoms with E-state index in [4.69, 9.17) is 9.47 Å². The lowest BCUT2D eigenvalue weighted by Crippen LogP contribution is -1.89. The lowest BCUT2D eigenvalue weighted by Gasteiger charge is -2.02. The highest BCUT2D eigenvalue weighted by atomic mass is 16.7. The number of ether oxygens (including phenoxy) is 2. The van der Waals surface area contributed by atoms with E-state index >= 15 is 0 Å². The first kappa shape index (κ1) is 7.22. The van der Waals surface area contributed by atoms with Crippen LogP contribution in [0.3, 0.4) is 0 Å². The maximum Gasteiger partial charge on any atom is 0.272 e. The summed E-state index contributed by atoms with van der Waals surface area (Å²) in [5.41, 5.74) is 2.35. The van der Waals surface area contributed by atoms with Crippen molar-refractivity contribution < 1.29 is 9.47 Å². The van der Waals surface area contributed by atoms with Crippen LogP contribution in [0.1, 0.15) is 11.1 Å². The number of hydrogen-bond acceptors (Lipinski definition) is 2. The molecular formula is C10H10O2. The highest BCUT2D eigenvalue weighted by Crippen LogP contribution is 2.18. The van der Waals surface area contributed by atoms with Gasteiger partial charge >= 0.3 is 0 Å². The van der Waals surface area contributed by atoms with Gasteiger partial charge in [-0.2, -0.15) is 0 Å². The SMILES string of the molecule is C=C1OCc2ccccc2CO1. The third-order valence-electron chi connectivity index (χ3n) is 1.90. The zero-order chi connectivity index (χ0) is 8.39. The summed E-state index contributed by atoms with van der Waals surface area (Å²) in [6, 6.07) is 8.07. The molecule has 1 aliphatic rings. The summed E-state index contributed by atoms with van der Waals surface area (Å²) in [6.07, 6.45) is 0. The van der Waals surface area contributed by atoms with Crippen molar-refractivity contribution >= 4 is 0 Å². The van der Waals surface area contributed by atoms with Gasteiger partial charge in [0.15, 0.2) is 0 Å². The van der Waals surface area contributed by atoms with Crippen LogP contribution in [0.4, 0.5) is 0 Å². The average Bonchev–Trinajstić information content (AvgIpc) is 2.29. The van der Waals surface area contributed by atoms with Crippen molar-refractivity contribution in [3.8, 4) is 0 Å². The number of fused-ring (bicyclic) bond motifs is 1. The molecule has 2 heteroatoms. The Morgan fingerprint density at radius 2 is 1.50 bits per heavy atom. The van der Waals surface area contributed by atoms with E-state index in [1.54, 1.807) is 0 Å². The summed E-state index contributed by atoms with van der Waals surface area (Å²) >= 11 is 0. The van der Waals surface area contributed by atoms with Crippen LogP contribution < -0.4 is 0 Å². The van der Waals surface area contributed by atoms with Crippen LogP contribution in [0.15, 0.2) is 36.8 Å². The molecule has 1 aliphatic heterocycles. The summed E-state index contributed by atoms with van der Waals surface area (Å²) in [6.45, 7) is 4.74. The molecule has 1 heterocycles. The second-order valence-electron chi connectivity index (χ2n) is 2.72. The van der Waals surface area contributed by atoms with Crippen LogP contribution in [0.5, 0.6) is 0 Å². The van der Waals surface area contributed by atoms with Gasteiger partial charge in [0.05, 0.1) is 0 Å². The summed E-state index contributed by atoms with van der Waals surface area (Å²) < 4.78 is 10.4. The zero-order valence-corrected chi connectivity index (χ0v) is 6.75. The summed E-state index contributed by atoms with van der Waals surface area (Å²) in [5.74, 6) is 0.409. The van der Waals surface area contributed by atoms with Gasteiger partial charge in [-0.1, -0.05) is 24.3 Å². The van der Waals surface area contributed by atoms with Crippen LogP contribution >= 0.6 is 0 Å². The molecule has 0 bridgehead atoms. The molecule has 0 saturated heterocycles. The maximum absolute atomic E-state index is 5.21. The molecule has 0 aromatic heterocycles. The number of benzene rings is 1. The molecule has 0 fully saturated rings. The first-order chi connectivity index (χ1) is 5.86. The number of hydrogen-bond donors (Lipinski definition) is 0. The predicted molar refractivity (Wildman–Crippen MR) is 45.2 cm³/mol. The van der Waals surface area contributed by atoms with E-state index in [0.29, 0.717) is 19.2 Å². The quantitative estimate of drug-likeness (QED) is 0.582. The molecule has 12 heavy (non-hydrogen) atoms. The van der Waals surface area contributed by atoms with Gasteiger partial charge < -0.3 is 9.47 Å². The summed E-state index contributed by atoms with van der Waals surface area (Å²) in [5, 5.41) is 0. The van der Waals surface area contributed by atoms with Gasteiger partial charge in [-0.25, -0.2) is 0 Å². The molecule has 1 aromatic rings. The number of rotatable bonds is 0. The minimum atomic E-state index is 0.409. The Morgan fingerprint density at radius 1 is 1.00 bits per heavy atom. The molecule has 0 N–H and O–H groups in total. The molecule has 0 saturated carbocycles. The molecule has 0 unspecified atom stereocenters. The largest absolute Gasteiger partial charge is 0.461 e. The van der Waals surface area contributed by atoms with E-state index in [2.05, 4.69) is 6.58 Å². The Morgan fingerprint density at radius 3 is 2.00 bits per heavy atom. The average molecular weight is 162 g/mol. The van der Waals surface area contributed by atoms with E-state index < -0.39 is 0 Å². The first-order valence-electron chi connectivity index (χ1n) is 3.87. The third-order valence-corrected chi connectivity index (χ3v) is 1.90. The molecule has 2 rings (SSSR count). The normalized spacial score (nSPS) is 15.5. The van der Waals surface area contributed by atoms with Gasteiger partial charge in [-0.15, -0.1) is 0 Å². The summed E-state index contributed by atoms with van der Waals surface area (Å²) in [7, 11) is 0. The fourth-order valence-corrected chi connectivity index (χ4v) is 1.20. The second kappa shape index (κ2) is 2.89. The fourth-order valence-electron chi connectivity index (χ4n) is 1.20. The summed E-state index contributed by atoms with van der Waals surface area (Å²) in [4.78, 5) is 0. The second-order valence-corrected chi connectivity index (χ2v) is 2.72. The van der Waals surface area contributed by atoms with Crippen molar-refractivity contribution in [2.24, 2.45) is 0 Å². The van der Waals surface area contributed by atoms with Crippen molar-refractivity contribution in [2.45, 2.75) is 13.2 Å². The highest BCUT2D eigenvalue weighted by Gasteiger charge is 2.08. The van der Waals surface area contributed by atoms with Crippen molar-refractivity contribution in [1.82, 2.24) is 0 Å². The van der Waals surface area contributed by atoms with Crippen molar-refractivity contribution in [1.29, 1.82) is 0 Å². The molecule has 62 valence electrons. The minimum Gasteiger partial charge on any atom is -0.461 e. The van der Waals surface area contributed by atoms with Crippen LogP contribution in [-0.4, -0.2) is 0 Å². The van der Waals surface area contributed by atoms with Crippen molar-refractivity contribution in [3.05, 3.63) is 47.9 Å². The molecular weight excluding hydrogens is 152 g/mol. The lowest BCUT2D eigenvalue weighted by molar-refractivity contribution is 0.0339. The standard InChI is InChI=1S/C10H10O2/c1-8-11-6-9-4-2-3-5-10(9)7-12-8/h2-5H,1,6-7H2. The van der Waals surface area contributed by atoms with E-state index in [1.165, 1.54) is 11.1 Å². The van der Waals surface area contributed by atoms with Crippen molar-refractivity contribution in [3.63, 3.8) is 0 Å². The fraction of sp³-hybridized carbons (Fsp3) is 0.200. The van der Waals surface area contributed by atoms with Gasteiger partial charge in [-0.3, -0.25) is 0 Å². The Labute approximate surface area is 71.4 Å². The van der Waals surface area contributed by atoms with Crippen LogP contribution in [-0.2, 0) is 22.7 Å². The van der Waals surface area contributed by atoms with Crippen LogP contribution in [0.2, 0.25) is 0 Å². The Kier molecular flexibility index (Phi) is 1.74. The molecule has 0 aliphatic carbocycles. The lowest BCUT2D eigenvalue weighted by atomic mass is 10.1. The van der Waals surface area contributed by atoms with Gasteiger partial charge in [0.1, 0.15) is 13.2 Å². The Bertz CT molecular complexity index is 275. The Balaban J connectivity index is 2.32. The van der Waals surface area contributed by atoms with E-state index in [0.717, 1.165) is 0 Å². The Hall–Kier alpha value is -1.44. The molecule has 0 amide bonds. The van der Waals surface area contributed by atoms with Crippen molar-refractivity contribution in [2.75, 3.05) is 0 Å². The van der Waals surface area contributed by atoms with Crippen LogP contribution in [0, 0.1) is 0 Å². The van der Waals surface area contributed by atoms with E-state index in [-0.39, 0.29) is 0 Å². The smallest absolute Gasteiger partial charge is 0.272 e. The van der Waals surface area contributed by atoms with Crippen LogP contribution in [0.25, 0.3) is 0 Å². The molecule has 2 nitrogen and oxygen atoms in total. The maximum atomic E-state index is 5.21. The molecule has 0 atom stereocenters. The highest BCUT2D eigenvalue weighted by molar-refractivity contribution is 5.26.